The molecule has 3 heterocycles. The molecule has 1 aromatic heterocycles. The Bertz CT molecular complexity index is 365. The highest BCUT2D eigenvalue weighted by atomic mass is 79.9. The number of hydrogen-bond acceptors (Lipinski definition) is 3. The van der Waals surface area contributed by atoms with Gasteiger partial charge in [-0.15, -0.1) is 0 Å². The van der Waals surface area contributed by atoms with Crippen molar-refractivity contribution in [1.82, 2.24) is 9.88 Å². The fourth-order valence-corrected chi connectivity index (χ4v) is 3.00. The first kappa shape index (κ1) is 9.60. The second-order valence-electron chi connectivity index (χ2n) is 4.51. The number of pyridine rings is 1. The van der Waals surface area contributed by atoms with Crippen LogP contribution in [0.25, 0.3) is 0 Å². The van der Waals surface area contributed by atoms with E-state index in [1.807, 2.05) is 6.20 Å². The van der Waals surface area contributed by atoms with Crippen LogP contribution in [0.3, 0.4) is 0 Å². The van der Waals surface area contributed by atoms with Crippen LogP contribution in [0, 0.1) is 5.92 Å². The summed E-state index contributed by atoms with van der Waals surface area (Å²) in [6, 6.07) is 4.16. The van der Waals surface area contributed by atoms with Crippen molar-refractivity contribution in [2.75, 3.05) is 25.0 Å². The van der Waals surface area contributed by atoms with Gasteiger partial charge in [-0.25, -0.2) is 4.98 Å². The highest BCUT2D eigenvalue weighted by Crippen LogP contribution is 2.35. The van der Waals surface area contributed by atoms with Crippen molar-refractivity contribution in [3.8, 4) is 0 Å². The summed E-state index contributed by atoms with van der Waals surface area (Å²) < 4.78 is 1.05. The maximum atomic E-state index is 4.47. The Morgan fingerprint density at radius 3 is 2.87 bits per heavy atom. The van der Waals surface area contributed by atoms with Gasteiger partial charge in [0.2, 0.25) is 0 Å². The monoisotopic (exact) mass is 267 g/mol. The molecule has 2 aliphatic rings. The van der Waals surface area contributed by atoms with Gasteiger partial charge in [0.05, 0.1) is 6.17 Å². The van der Waals surface area contributed by atoms with Crippen LogP contribution in [-0.2, 0) is 0 Å². The van der Waals surface area contributed by atoms with E-state index in [9.17, 15) is 0 Å². The van der Waals surface area contributed by atoms with Crippen LogP contribution in [0.2, 0.25) is 0 Å². The maximum absolute atomic E-state index is 4.47. The van der Waals surface area contributed by atoms with Gasteiger partial charge in [-0.05, 0) is 47.4 Å². The molecule has 80 valence electrons. The Morgan fingerprint density at radius 2 is 2.27 bits per heavy atom. The van der Waals surface area contributed by atoms with Crippen LogP contribution in [0.5, 0.6) is 0 Å². The van der Waals surface area contributed by atoms with Crippen molar-refractivity contribution in [3.05, 3.63) is 22.8 Å². The summed E-state index contributed by atoms with van der Waals surface area (Å²) >= 11 is 3.42. The molecule has 0 aromatic carbocycles. The summed E-state index contributed by atoms with van der Waals surface area (Å²) in [4.78, 5) is 9.31. The molecule has 0 spiro atoms. The molecule has 3 nitrogen and oxygen atoms in total. The van der Waals surface area contributed by atoms with E-state index in [1.165, 1.54) is 19.5 Å². The molecule has 0 N–H and O–H groups in total. The van der Waals surface area contributed by atoms with Crippen molar-refractivity contribution in [3.63, 3.8) is 0 Å². The number of nitrogens with zero attached hydrogens (tertiary/aromatic N) is 3. The van der Waals surface area contributed by atoms with E-state index < -0.39 is 0 Å². The van der Waals surface area contributed by atoms with Gasteiger partial charge in [0.15, 0.2) is 0 Å². The summed E-state index contributed by atoms with van der Waals surface area (Å²) in [6.07, 6.45) is 3.75. The molecule has 2 bridgehead atoms. The third kappa shape index (κ3) is 1.56. The molecule has 0 unspecified atom stereocenters. The SMILES string of the molecule is CN1C[C@@H]2C[C@@H]1N(c1ccc(Br)cn1)C2. The minimum atomic E-state index is 0.573. The normalized spacial score (nSPS) is 30.1. The second kappa shape index (κ2) is 3.46. The topological polar surface area (TPSA) is 19.4 Å². The molecule has 4 heteroatoms. The quantitative estimate of drug-likeness (QED) is 0.776. The van der Waals surface area contributed by atoms with Crippen LogP contribution >= 0.6 is 15.9 Å². The fraction of sp³-hybridized carbons (Fsp3) is 0.545. The van der Waals surface area contributed by atoms with Gasteiger partial charge in [-0.1, -0.05) is 0 Å². The van der Waals surface area contributed by atoms with Crippen LogP contribution in [0.15, 0.2) is 22.8 Å². The second-order valence-corrected chi connectivity index (χ2v) is 5.42. The third-order valence-corrected chi connectivity index (χ3v) is 3.89. The summed E-state index contributed by atoms with van der Waals surface area (Å²) in [6.45, 7) is 2.42. The highest BCUT2D eigenvalue weighted by molar-refractivity contribution is 9.10. The summed E-state index contributed by atoms with van der Waals surface area (Å²) in [5.41, 5.74) is 0. The zero-order chi connectivity index (χ0) is 10.4. The molecule has 15 heavy (non-hydrogen) atoms. The summed E-state index contributed by atoms with van der Waals surface area (Å²) in [5.74, 6) is 1.95. The number of fused-ring (bicyclic) bond motifs is 2. The Kier molecular flexibility index (Phi) is 2.21. The standard InChI is InChI=1S/C11H14BrN3/c1-14-6-8-4-11(14)15(7-8)10-3-2-9(12)5-13-10/h2-3,5,8,11H,4,6-7H2,1H3/t8-,11-/m0/s1. The maximum Gasteiger partial charge on any atom is 0.129 e. The van der Waals surface area contributed by atoms with Crippen LogP contribution in [0.4, 0.5) is 5.82 Å². The number of halogens is 1. The minimum Gasteiger partial charge on any atom is -0.341 e. The lowest BCUT2D eigenvalue weighted by Gasteiger charge is -2.34. The molecular weight excluding hydrogens is 254 g/mol. The molecule has 2 atom stereocenters. The lowest BCUT2D eigenvalue weighted by Crippen LogP contribution is -2.45. The number of aromatic nitrogens is 1. The smallest absolute Gasteiger partial charge is 0.129 e. The fourth-order valence-electron chi connectivity index (χ4n) is 2.76. The van der Waals surface area contributed by atoms with Crippen molar-refractivity contribution < 1.29 is 0 Å². The predicted molar refractivity (Wildman–Crippen MR) is 63.8 cm³/mol. The summed E-state index contributed by atoms with van der Waals surface area (Å²) in [5, 5.41) is 0. The number of anilines is 1. The molecule has 0 radical (unpaired) electrons. The first-order chi connectivity index (χ1) is 7.24. The zero-order valence-corrected chi connectivity index (χ0v) is 10.3. The van der Waals surface area contributed by atoms with Crippen LogP contribution in [0.1, 0.15) is 6.42 Å². The van der Waals surface area contributed by atoms with Gasteiger partial charge in [0.25, 0.3) is 0 Å². The van der Waals surface area contributed by atoms with E-state index in [1.54, 1.807) is 0 Å². The molecule has 0 amide bonds. The van der Waals surface area contributed by atoms with Crippen LogP contribution < -0.4 is 4.90 Å². The van der Waals surface area contributed by atoms with Crippen LogP contribution in [-0.4, -0.2) is 36.2 Å². The summed E-state index contributed by atoms with van der Waals surface area (Å²) in [7, 11) is 2.20. The predicted octanol–water partition coefficient (Wildman–Crippen LogP) is 1.94. The lowest BCUT2D eigenvalue weighted by molar-refractivity contribution is 0.273. The highest BCUT2D eigenvalue weighted by Gasteiger charge is 2.41. The van der Waals surface area contributed by atoms with Crippen molar-refractivity contribution in [2.45, 2.75) is 12.6 Å². The number of likely N-dealkylation sites (tertiary alicyclic amines) is 1. The Morgan fingerprint density at radius 1 is 1.40 bits per heavy atom. The van der Waals surface area contributed by atoms with Gasteiger partial charge >= 0.3 is 0 Å². The Labute approximate surface area is 98.2 Å². The number of rotatable bonds is 1. The van der Waals surface area contributed by atoms with Gasteiger partial charge in [0.1, 0.15) is 5.82 Å². The molecule has 2 fully saturated rings. The molecule has 1 aromatic rings. The molecule has 0 saturated carbocycles. The van der Waals surface area contributed by atoms with Gasteiger partial charge in [-0.2, -0.15) is 0 Å². The van der Waals surface area contributed by atoms with Gasteiger partial charge in [-0.3, -0.25) is 4.90 Å². The van der Waals surface area contributed by atoms with Crippen molar-refractivity contribution in [2.24, 2.45) is 5.92 Å². The van der Waals surface area contributed by atoms with Crippen molar-refractivity contribution >= 4 is 21.7 Å². The first-order valence-corrected chi connectivity index (χ1v) is 6.12. The van der Waals surface area contributed by atoms with E-state index in [0.29, 0.717) is 6.17 Å². The van der Waals surface area contributed by atoms with Crippen molar-refractivity contribution in [1.29, 1.82) is 0 Å². The number of hydrogen-bond donors (Lipinski definition) is 0. The minimum absolute atomic E-state index is 0.573. The van der Waals surface area contributed by atoms with E-state index in [-0.39, 0.29) is 0 Å². The first-order valence-electron chi connectivity index (χ1n) is 5.32. The van der Waals surface area contributed by atoms with E-state index in [2.05, 4.69) is 49.9 Å². The van der Waals surface area contributed by atoms with Gasteiger partial charge in [0, 0.05) is 23.8 Å². The average molecular weight is 268 g/mol. The molecule has 3 rings (SSSR count). The van der Waals surface area contributed by atoms with E-state index in [0.717, 1.165) is 16.2 Å². The molecular formula is C11H14BrN3. The zero-order valence-electron chi connectivity index (χ0n) is 8.73. The lowest BCUT2D eigenvalue weighted by atomic mass is 10.2. The third-order valence-electron chi connectivity index (χ3n) is 3.42. The average Bonchev–Trinajstić information content (AvgIpc) is 2.77. The Hall–Kier alpha value is -0.610. The van der Waals surface area contributed by atoms with Gasteiger partial charge < -0.3 is 4.90 Å². The van der Waals surface area contributed by atoms with E-state index >= 15 is 0 Å². The largest absolute Gasteiger partial charge is 0.341 e. The molecule has 0 aliphatic carbocycles. The Balaban J connectivity index is 1.86. The van der Waals surface area contributed by atoms with E-state index in [4.69, 9.17) is 0 Å². The molecule has 2 aliphatic heterocycles. The molecule has 2 saturated heterocycles.